The number of furan rings is 1. The van der Waals surface area contributed by atoms with Crippen LogP contribution in [0.4, 0.5) is 4.79 Å². The number of hydrogen-bond donors (Lipinski definition) is 2. The van der Waals surface area contributed by atoms with Crippen LogP contribution in [0.25, 0.3) is 0 Å². The molecule has 2 N–H and O–H groups in total. The molecule has 0 saturated carbocycles. The molecule has 2 amide bonds. The van der Waals surface area contributed by atoms with Crippen LogP contribution in [0, 0.1) is 12.8 Å². The van der Waals surface area contributed by atoms with Crippen LogP contribution in [-0.2, 0) is 4.79 Å². The number of urea groups is 1. The highest BCUT2D eigenvalue weighted by Crippen LogP contribution is 2.25. The number of rotatable bonds is 3. The maximum atomic E-state index is 12.2. The lowest BCUT2D eigenvalue weighted by Crippen LogP contribution is -2.48. The van der Waals surface area contributed by atoms with Gasteiger partial charge in [0.25, 0.3) is 0 Å². The largest absolute Gasteiger partial charge is 0.480 e. The molecule has 6 heteroatoms. The summed E-state index contributed by atoms with van der Waals surface area (Å²) in [7, 11) is 0. The van der Waals surface area contributed by atoms with E-state index in [0.717, 1.165) is 5.76 Å². The Labute approximate surface area is 117 Å². The smallest absolute Gasteiger partial charge is 0.326 e. The van der Waals surface area contributed by atoms with Gasteiger partial charge in [-0.2, -0.15) is 0 Å². The molecule has 0 radical (unpaired) electrons. The summed E-state index contributed by atoms with van der Waals surface area (Å²) in [4.78, 5) is 24.8. The first-order valence-electron chi connectivity index (χ1n) is 6.76. The van der Waals surface area contributed by atoms with Gasteiger partial charge in [0, 0.05) is 6.54 Å². The number of carboxylic acids is 1. The van der Waals surface area contributed by atoms with Crippen LogP contribution >= 0.6 is 0 Å². The second-order valence-electron chi connectivity index (χ2n) is 5.36. The van der Waals surface area contributed by atoms with Crippen LogP contribution in [-0.4, -0.2) is 34.6 Å². The van der Waals surface area contributed by atoms with Gasteiger partial charge in [0.1, 0.15) is 17.6 Å². The number of nitrogens with zero attached hydrogens (tertiary/aromatic N) is 1. The minimum absolute atomic E-state index is 0.0283. The zero-order valence-corrected chi connectivity index (χ0v) is 11.9. The second-order valence-corrected chi connectivity index (χ2v) is 5.36. The summed E-state index contributed by atoms with van der Waals surface area (Å²) in [6.45, 7) is 5.96. The van der Waals surface area contributed by atoms with Gasteiger partial charge in [-0.3, -0.25) is 0 Å². The lowest BCUT2D eigenvalue weighted by atomic mass is 10.0. The number of likely N-dealkylation sites (tertiary alicyclic amines) is 1. The summed E-state index contributed by atoms with van der Waals surface area (Å²) in [5, 5.41) is 12.0. The molecule has 0 spiro atoms. The van der Waals surface area contributed by atoms with E-state index in [-0.39, 0.29) is 18.0 Å². The zero-order valence-electron chi connectivity index (χ0n) is 11.9. The Kier molecular flexibility index (Phi) is 4.01. The molecule has 3 unspecified atom stereocenters. The molecule has 1 aromatic rings. The van der Waals surface area contributed by atoms with Crippen molar-refractivity contribution in [1.29, 1.82) is 0 Å². The van der Waals surface area contributed by atoms with E-state index in [1.807, 2.05) is 32.9 Å². The predicted molar refractivity (Wildman–Crippen MR) is 72.3 cm³/mol. The fourth-order valence-electron chi connectivity index (χ4n) is 2.58. The van der Waals surface area contributed by atoms with Crippen LogP contribution in [0.2, 0.25) is 0 Å². The van der Waals surface area contributed by atoms with E-state index in [1.54, 1.807) is 0 Å². The first-order valence-corrected chi connectivity index (χ1v) is 6.76. The van der Waals surface area contributed by atoms with Gasteiger partial charge in [0.2, 0.25) is 0 Å². The number of carbonyl (C=O) groups is 2. The molecule has 1 aliphatic rings. The molecule has 2 heterocycles. The Bertz CT molecular complexity index is 511. The second kappa shape index (κ2) is 5.56. The van der Waals surface area contributed by atoms with Crippen LogP contribution in [0.3, 0.4) is 0 Å². The van der Waals surface area contributed by atoms with E-state index in [0.29, 0.717) is 18.7 Å². The van der Waals surface area contributed by atoms with Gasteiger partial charge >= 0.3 is 12.0 Å². The van der Waals surface area contributed by atoms with Crippen LogP contribution in [0.1, 0.15) is 37.8 Å². The van der Waals surface area contributed by atoms with Gasteiger partial charge in [-0.05, 0) is 38.3 Å². The van der Waals surface area contributed by atoms with Crippen molar-refractivity contribution in [3.8, 4) is 0 Å². The number of nitrogens with one attached hydrogen (secondary N) is 1. The summed E-state index contributed by atoms with van der Waals surface area (Å²) in [6.07, 6.45) is 0.707. The van der Waals surface area contributed by atoms with Crippen molar-refractivity contribution in [2.75, 3.05) is 6.54 Å². The van der Waals surface area contributed by atoms with Crippen molar-refractivity contribution in [1.82, 2.24) is 10.2 Å². The summed E-state index contributed by atoms with van der Waals surface area (Å²) in [5.41, 5.74) is 0. The molecule has 0 aliphatic carbocycles. The quantitative estimate of drug-likeness (QED) is 0.888. The molecule has 3 atom stereocenters. The normalized spacial score (nSPS) is 23.6. The van der Waals surface area contributed by atoms with E-state index in [9.17, 15) is 14.7 Å². The maximum absolute atomic E-state index is 12.2. The molecule has 0 bridgehead atoms. The van der Waals surface area contributed by atoms with Crippen LogP contribution in [0.5, 0.6) is 0 Å². The van der Waals surface area contributed by atoms with Crippen LogP contribution < -0.4 is 5.32 Å². The molecular formula is C14H20N2O4. The van der Waals surface area contributed by atoms with Gasteiger partial charge in [-0.15, -0.1) is 0 Å². The Morgan fingerprint density at radius 3 is 2.75 bits per heavy atom. The zero-order chi connectivity index (χ0) is 14.9. The van der Waals surface area contributed by atoms with Crippen LogP contribution in [0.15, 0.2) is 16.5 Å². The number of aryl methyl sites for hydroxylation is 1. The average Bonchev–Trinajstić information content (AvgIpc) is 2.95. The lowest BCUT2D eigenvalue weighted by molar-refractivity contribution is -0.142. The first kappa shape index (κ1) is 14.4. The van der Waals surface area contributed by atoms with E-state index in [2.05, 4.69) is 5.32 Å². The van der Waals surface area contributed by atoms with Gasteiger partial charge < -0.3 is 19.7 Å². The highest BCUT2D eigenvalue weighted by atomic mass is 16.4. The first-order chi connectivity index (χ1) is 9.40. The monoisotopic (exact) mass is 280 g/mol. The van der Waals surface area contributed by atoms with E-state index in [1.165, 1.54) is 4.90 Å². The number of aliphatic carboxylic acids is 1. The Balaban J connectivity index is 2.03. The fraction of sp³-hybridized carbons (Fsp3) is 0.571. The average molecular weight is 280 g/mol. The fourth-order valence-corrected chi connectivity index (χ4v) is 2.58. The molecule has 20 heavy (non-hydrogen) atoms. The summed E-state index contributed by atoms with van der Waals surface area (Å²) < 4.78 is 5.45. The highest BCUT2D eigenvalue weighted by Gasteiger charge is 2.39. The van der Waals surface area contributed by atoms with Gasteiger partial charge in [-0.25, -0.2) is 9.59 Å². The Morgan fingerprint density at radius 2 is 2.20 bits per heavy atom. The molecule has 0 aromatic carbocycles. The van der Waals surface area contributed by atoms with Crippen molar-refractivity contribution in [2.24, 2.45) is 5.92 Å². The topological polar surface area (TPSA) is 82.8 Å². The predicted octanol–water partition coefficient (Wildman–Crippen LogP) is 2.15. The minimum atomic E-state index is -0.952. The van der Waals surface area contributed by atoms with Crippen molar-refractivity contribution >= 4 is 12.0 Å². The molecule has 1 aromatic heterocycles. The minimum Gasteiger partial charge on any atom is -0.480 e. The highest BCUT2D eigenvalue weighted by molar-refractivity contribution is 5.83. The summed E-state index contributed by atoms with van der Waals surface area (Å²) >= 11 is 0. The van der Waals surface area contributed by atoms with Gasteiger partial charge in [0.05, 0.1) is 6.04 Å². The maximum Gasteiger partial charge on any atom is 0.326 e. The molecule has 1 fully saturated rings. The standard InChI is InChI=1S/C14H20N2O4/c1-8-6-7-16(12(8)13(17)18)14(19)15-10(3)11-5-4-9(2)20-11/h4-5,8,10,12H,6-7H2,1-3H3,(H,15,19)(H,17,18). The van der Waals surface area contributed by atoms with Crippen molar-refractivity contribution in [3.05, 3.63) is 23.7 Å². The van der Waals surface area contributed by atoms with E-state index in [4.69, 9.17) is 4.42 Å². The summed E-state index contributed by atoms with van der Waals surface area (Å²) in [6, 6.07) is 2.24. The number of carboxylic acid groups (broad SMARTS) is 1. The summed E-state index contributed by atoms with van der Waals surface area (Å²) in [5.74, 6) is 0.459. The Morgan fingerprint density at radius 1 is 1.50 bits per heavy atom. The lowest BCUT2D eigenvalue weighted by Gasteiger charge is -2.25. The number of carbonyl (C=O) groups excluding carboxylic acids is 1. The van der Waals surface area contributed by atoms with Crippen molar-refractivity contribution in [2.45, 2.75) is 39.3 Å². The van der Waals surface area contributed by atoms with Crippen molar-refractivity contribution < 1.29 is 19.1 Å². The third kappa shape index (κ3) is 2.79. The van der Waals surface area contributed by atoms with Gasteiger partial charge in [-0.1, -0.05) is 6.92 Å². The number of amides is 2. The molecule has 2 rings (SSSR count). The SMILES string of the molecule is Cc1ccc(C(C)NC(=O)N2CCC(C)C2C(=O)O)o1. The molecule has 1 aliphatic heterocycles. The molecule has 1 saturated heterocycles. The number of hydrogen-bond acceptors (Lipinski definition) is 3. The third-order valence-corrected chi connectivity index (χ3v) is 3.74. The van der Waals surface area contributed by atoms with E-state index < -0.39 is 12.0 Å². The van der Waals surface area contributed by atoms with Gasteiger partial charge in [0.15, 0.2) is 0 Å². The van der Waals surface area contributed by atoms with E-state index >= 15 is 0 Å². The molecule has 6 nitrogen and oxygen atoms in total. The Hall–Kier alpha value is -1.98. The molecule has 110 valence electrons. The molecular weight excluding hydrogens is 260 g/mol. The van der Waals surface area contributed by atoms with Crippen molar-refractivity contribution in [3.63, 3.8) is 0 Å². The third-order valence-electron chi connectivity index (χ3n) is 3.74.